The minimum Gasteiger partial charge on any atom is -0.379 e. The molecular weight excluding hydrogens is 356 g/mol. The van der Waals surface area contributed by atoms with E-state index in [0.717, 1.165) is 51.6 Å². The molecule has 2 aromatic heterocycles. The van der Waals surface area contributed by atoms with Gasteiger partial charge in [-0.2, -0.15) is 5.10 Å². The molecular formula is C20H34N6O2. The number of nitrogens with zero attached hydrogens (tertiary/aromatic N) is 5. The molecule has 0 aliphatic carbocycles. The SMILES string of the molecule is CC(C)CN(CCN1CCOCC1)c1nc2c(C(C)(C)C)nn(C)c2c(=O)[nH]1. The molecule has 1 saturated heterocycles. The Kier molecular flexibility index (Phi) is 6.09. The molecule has 1 aliphatic heterocycles. The van der Waals surface area contributed by atoms with Crippen LogP contribution in [0.5, 0.6) is 0 Å². The Balaban J connectivity index is 1.95. The summed E-state index contributed by atoms with van der Waals surface area (Å²) >= 11 is 0. The van der Waals surface area contributed by atoms with Crippen LogP contribution >= 0.6 is 0 Å². The van der Waals surface area contributed by atoms with Crippen LogP contribution in [-0.4, -0.2) is 70.6 Å². The fourth-order valence-electron chi connectivity index (χ4n) is 3.63. The van der Waals surface area contributed by atoms with Crippen LogP contribution in [0.4, 0.5) is 5.95 Å². The van der Waals surface area contributed by atoms with Gasteiger partial charge in [-0.3, -0.25) is 19.4 Å². The number of aryl methyl sites for hydroxylation is 1. The molecule has 8 nitrogen and oxygen atoms in total. The molecule has 3 rings (SSSR count). The lowest BCUT2D eigenvalue weighted by atomic mass is 9.91. The van der Waals surface area contributed by atoms with Gasteiger partial charge in [0, 0.05) is 45.2 Å². The number of hydrogen-bond acceptors (Lipinski definition) is 6. The summed E-state index contributed by atoms with van der Waals surface area (Å²) in [6.07, 6.45) is 0. The van der Waals surface area contributed by atoms with E-state index in [1.165, 1.54) is 0 Å². The van der Waals surface area contributed by atoms with E-state index >= 15 is 0 Å². The van der Waals surface area contributed by atoms with E-state index in [2.05, 4.69) is 54.5 Å². The van der Waals surface area contributed by atoms with Crippen molar-refractivity contribution in [1.29, 1.82) is 0 Å². The normalized spacial score (nSPS) is 16.2. The van der Waals surface area contributed by atoms with E-state index in [1.807, 2.05) is 0 Å². The molecule has 1 N–H and O–H groups in total. The molecule has 0 bridgehead atoms. The van der Waals surface area contributed by atoms with Gasteiger partial charge in [-0.05, 0) is 5.92 Å². The number of fused-ring (bicyclic) bond motifs is 1. The number of nitrogens with one attached hydrogen (secondary N) is 1. The highest BCUT2D eigenvalue weighted by Crippen LogP contribution is 2.27. The molecule has 8 heteroatoms. The van der Waals surface area contributed by atoms with Crippen LogP contribution in [0.1, 0.15) is 40.3 Å². The Bertz CT molecular complexity index is 858. The van der Waals surface area contributed by atoms with Crippen molar-refractivity contribution in [3.05, 3.63) is 16.0 Å². The monoisotopic (exact) mass is 390 g/mol. The largest absolute Gasteiger partial charge is 0.379 e. The van der Waals surface area contributed by atoms with Crippen molar-refractivity contribution >= 4 is 17.0 Å². The van der Waals surface area contributed by atoms with Gasteiger partial charge < -0.3 is 9.64 Å². The van der Waals surface area contributed by atoms with Crippen LogP contribution in [0.2, 0.25) is 0 Å². The second-order valence-electron chi connectivity index (χ2n) is 9.10. The van der Waals surface area contributed by atoms with Crippen LogP contribution in [-0.2, 0) is 17.2 Å². The summed E-state index contributed by atoms with van der Waals surface area (Å²) in [6, 6.07) is 0. The van der Waals surface area contributed by atoms with Gasteiger partial charge >= 0.3 is 0 Å². The lowest BCUT2D eigenvalue weighted by molar-refractivity contribution is 0.0391. The third-order valence-corrected chi connectivity index (χ3v) is 5.07. The summed E-state index contributed by atoms with van der Waals surface area (Å²) in [4.78, 5) is 25.3. The molecule has 0 radical (unpaired) electrons. The summed E-state index contributed by atoms with van der Waals surface area (Å²) in [6.45, 7) is 16.7. The van der Waals surface area contributed by atoms with Gasteiger partial charge in [-0.1, -0.05) is 34.6 Å². The van der Waals surface area contributed by atoms with Crippen molar-refractivity contribution in [2.75, 3.05) is 50.8 Å². The number of morpholine rings is 1. The molecule has 0 unspecified atom stereocenters. The number of aromatic amines is 1. The van der Waals surface area contributed by atoms with Gasteiger partial charge in [0.15, 0.2) is 5.52 Å². The molecule has 3 heterocycles. The second-order valence-corrected chi connectivity index (χ2v) is 9.10. The maximum Gasteiger partial charge on any atom is 0.278 e. The van der Waals surface area contributed by atoms with Gasteiger partial charge in [0.05, 0.1) is 18.9 Å². The Morgan fingerprint density at radius 1 is 1.25 bits per heavy atom. The molecule has 2 aromatic rings. The Morgan fingerprint density at radius 2 is 1.93 bits per heavy atom. The van der Waals surface area contributed by atoms with Crippen LogP contribution in [0.15, 0.2) is 4.79 Å². The number of rotatable bonds is 6. The highest BCUT2D eigenvalue weighted by Gasteiger charge is 2.26. The summed E-state index contributed by atoms with van der Waals surface area (Å²) in [5.74, 6) is 1.10. The molecule has 1 fully saturated rings. The van der Waals surface area contributed by atoms with Crippen LogP contribution in [0.3, 0.4) is 0 Å². The number of anilines is 1. The summed E-state index contributed by atoms with van der Waals surface area (Å²) in [7, 11) is 1.80. The number of ether oxygens (including phenoxy) is 1. The molecule has 1 aliphatic rings. The average molecular weight is 391 g/mol. The summed E-state index contributed by atoms with van der Waals surface area (Å²) < 4.78 is 7.09. The predicted molar refractivity (Wildman–Crippen MR) is 112 cm³/mol. The molecule has 0 amide bonds. The number of hydrogen-bond donors (Lipinski definition) is 1. The summed E-state index contributed by atoms with van der Waals surface area (Å²) in [5, 5.41) is 4.60. The lowest BCUT2D eigenvalue weighted by Gasteiger charge is -2.31. The van der Waals surface area contributed by atoms with Gasteiger partial charge in [0.2, 0.25) is 5.95 Å². The predicted octanol–water partition coefficient (Wildman–Crippen LogP) is 1.75. The van der Waals surface area contributed by atoms with E-state index in [-0.39, 0.29) is 11.0 Å². The van der Waals surface area contributed by atoms with Crippen molar-refractivity contribution in [2.45, 2.75) is 40.0 Å². The van der Waals surface area contributed by atoms with E-state index in [1.54, 1.807) is 11.7 Å². The van der Waals surface area contributed by atoms with Crippen LogP contribution < -0.4 is 10.5 Å². The first kappa shape index (κ1) is 20.8. The fraction of sp³-hybridized carbons (Fsp3) is 0.750. The third-order valence-electron chi connectivity index (χ3n) is 5.07. The van der Waals surface area contributed by atoms with Crippen LogP contribution in [0.25, 0.3) is 11.0 Å². The molecule has 0 saturated carbocycles. The maximum atomic E-state index is 12.8. The minimum atomic E-state index is -0.186. The van der Waals surface area contributed by atoms with Gasteiger partial charge in [0.25, 0.3) is 5.56 Å². The van der Waals surface area contributed by atoms with E-state index in [0.29, 0.717) is 22.9 Å². The zero-order valence-corrected chi connectivity index (χ0v) is 18.1. The van der Waals surface area contributed by atoms with E-state index < -0.39 is 0 Å². The maximum absolute atomic E-state index is 12.8. The zero-order valence-electron chi connectivity index (χ0n) is 18.1. The highest BCUT2D eigenvalue weighted by molar-refractivity contribution is 5.78. The quantitative estimate of drug-likeness (QED) is 0.810. The molecule has 0 spiro atoms. The standard InChI is InChI=1S/C20H34N6O2/c1-14(2)13-26(8-7-25-9-11-28-12-10-25)19-21-15-16(18(27)22-19)24(6)23-17(15)20(3,4)5/h14H,7-13H2,1-6H3,(H,21,22,27). The number of H-pyrrole nitrogens is 1. The Hall–Kier alpha value is -1.93. The van der Waals surface area contributed by atoms with Crippen molar-refractivity contribution in [1.82, 2.24) is 24.6 Å². The lowest BCUT2D eigenvalue weighted by Crippen LogP contribution is -2.43. The first-order valence-corrected chi connectivity index (χ1v) is 10.2. The minimum absolute atomic E-state index is 0.134. The fourth-order valence-corrected chi connectivity index (χ4v) is 3.63. The third kappa shape index (κ3) is 4.55. The molecule has 156 valence electrons. The topological polar surface area (TPSA) is 79.3 Å². The van der Waals surface area contributed by atoms with Crippen molar-refractivity contribution in [3.8, 4) is 0 Å². The molecule has 0 atom stereocenters. The molecule has 0 aromatic carbocycles. The Morgan fingerprint density at radius 3 is 2.54 bits per heavy atom. The smallest absolute Gasteiger partial charge is 0.278 e. The van der Waals surface area contributed by atoms with Crippen molar-refractivity contribution in [3.63, 3.8) is 0 Å². The molecule has 28 heavy (non-hydrogen) atoms. The van der Waals surface area contributed by atoms with Gasteiger partial charge in [-0.25, -0.2) is 4.98 Å². The van der Waals surface area contributed by atoms with E-state index in [9.17, 15) is 4.79 Å². The Labute approximate surface area is 166 Å². The van der Waals surface area contributed by atoms with Gasteiger partial charge in [0.1, 0.15) is 5.52 Å². The zero-order chi connectivity index (χ0) is 20.5. The highest BCUT2D eigenvalue weighted by atomic mass is 16.5. The first-order valence-electron chi connectivity index (χ1n) is 10.2. The first-order chi connectivity index (χ1) is 13.2. The number of aromatic nitrogens is 4. The van der Waals surface area contributed by atoms with E-state index in [4.69, 9.17) is 9.72 Å². The van der Waals surface area contributed by atoms with Crippen molar-refractivity contribution < 1.29 is 4.74 Å². The van der Waals surface area contributed by atoms with Crippen LogP contribution in [0, 0.1) is 5.92 Å². The van der Waals surface area contributed by atoms with Crippen molar-refractivity contribution in [2.24, 2.45) is 13.0 Å². The van der Waals surface area contributed by atoms with Gasteiger partial charge in [-0.15, -0.1) is 0 Å². The second kappa shape index (κ2) is 8.21. The summed E-state index contributed by atoms with van der Waals surface area (Å²) in [5.41, 5.74) is 1.77. The average Bonchev–Trinajstić information content (AvgIpc) is 2.96.